The summed E-state index contributed by atoms with van der Waals surface area (Å²) >= 11 is 0. The number of nitrogens with one attached hydrogen (secondary N) is 1. The van der Waals surface area contributed by atoms with E-state index >= 15 is 0 Å². The van der Waals surface area contributed by atoms with Gasteiger partial charge in [-0.15, -0.1) is 0 Å². The average molecular weight is 216 g/mol. The Morgan fingerprint density at radius 1 is 0.800 bits per heavy atom. The van der Waals surface area contributed by atoms with E-state index < -0.39 is 0 Å². The van der Waals surface area contributed by atoms with Crippen LogP contribution in [-0.4, -0.2) is 20.1 Å². The van der Waals surface area contributed by atoms with E-state index in [1.807, 2.05) is 27.7 Å². The molecule has 0 unspecified atom stereocenters. The van der Waals surface area contributed by atoms with Crippen LogP contribution in [0.3, 0.4) is 0 Å². The van der Waals surface area contributed by atoms with Gasteiger partial charge in [0.25, 0.3) is 0 Å². The lowest BCUT2D eigenvalue weighted by Crippen LogP contribution is -3.09. The van der Waals surface area contributed by atoms with Crippen molar-refractivity contribution < 1.29 is 4.90 Å². The van der Waals surface area contributed by atoms with Gasteiger partial charge in [-0.1, -0.05) is 41.5 Å². The van der Waals surface area contributed by atoms with Crippen LogP contribution in [0.1, 0.15) is 67.2 Å². The SMILES string of the molecule is CC.CC.C[NH+]1CCCC(C)(C)CCC1. The lowest BCUT2D eigenvalue weighted by molar-refractivity contribution is -0.880. The molecule has 15 heavy (non-hydrogen) atoms. The molecule has 1 aliphatic rings. The molecule has 1 fully saturated rings. The van der Waals surface area contributed by atoms with Gasteiger partial charge in [-0.3, -0.25) is 0 Å². The largest absolute Gasteiger partial charge is 0.337 e. The second-order valence-electron chi connectivity index (χ2n) is 4.83. The number of rotatable bonds is 0. The fraction of sp³-hybridized carbons (Fsp3) is 1.00. The number of hydrogen-bond donors (Lipinski definition) is 1. The monoisotopic (exact) mass is 216 g/mol. The van der Waals surface area contributed by atoms with Gasteiger partial charge in [-0.05, 0) is 31.1 Å². The zero-order valence-corrected chi connectivity index (χ0v) is 12.2. The van der Waals surface area contributed by atoms with Gasteiger partial charge in [0.05, 0.1) is 20.1 Å². The molecule has 1 nitrogen and oxygen atoms in total. The minimum atomic E-state index is 0.626. The summed E-state index contributed by atoms with van der Waals surface area (Å²) in [6.07, 6.45) is 5.67. The van der Waals surface area contributed by atoms with Crippen LogP contribution >= 0.6 is 0 Å². The van der Waals surface area contributed by atoms with Crippen molar-refractivity contribution in [2.75, 3.05) is 20.1 Å². The van der Waals surface area contributed by atoms with Gasteiger partial charge in [-0.2, -0.15) is 0 Å². The van der Waals surface area contributed by atoms with E-state index in [2.05, 4.69) is 20.9 Å². The predicted molar refractivity (Wildman–Crippen MR) is 71.6 cm³/mol. The molecule has 0 saturated carbocycles. The molecule has 1 N–H and O–H groups in total. The average Bonchev–Trinajstić information content (AvgIpc) is 2.21. The van der Waals surface area contributed by atoms with Crippen molar-refractivity contribution in [3.8, 4) is 0 Å². The first-order valence-electron chi connectivity index (χ1n) is 6.91. The van der Waals surface area contributed by atoms with Gasteiger partial charge < -0.3 is 4.90 Å². The normalized spacial score (nSPS) is 21.0. The maximum absolute atomic E-state index is 2.41. The minimum Gasteiger partial charge on any atom is -0.337 e. The molecule has 1 aliphatic heterocycles. The molecule has 1 rings (SSSR count). The third-order valence-electron chi connectivity index (χ3n) is 2.91. The highest BCUT2D eigenvalue weighted by atomic mass is 15.1. The molecule has 0 radical (unpaired) electrons. The Balaban J connectivity index is 0. The van der Waals surface area contributed by atoms with Gasteiger partial charge >= 0.3 is 0 Å². The van der Waals surface area contributed by atoms with Crippen molar-refractivity contribution in [2.24, 2.45) is 5.41 Å². The van der Waals surface area contributed by atoms with Gasteiger partial charge in [0, 0.05) is 0 Å². The Kier molecular flexibility index (Phi) is 12.1. The Bertz CT molecular complexity index is 107. The standard InChI is InChI=1S/C10H21N.2C2H6/c1-10(2)6-4-8-11(3)9-5-7-10;2*1-2/h4-9H2,1-3H3;2*1-2H3/p+1. The quantitative estimate of drug-likeness (QED) is 0.634. The van der Waals surface area contributed by atoms with Crippen LogP contribution in [0, 0.1) is 5.41 Å². The van der Waals surface area contributed by atoms with E-state index in [0.29, 0.717) is 5.41 Å². The molecule has 0 aromatic carbocycles. The molecule has 94 valence electrons. The molecule has 0 amide bonds. The van der Waals surface area contributed by atoms with Crippen molar-refractivity contribution in [3.05, 3.63) is 0 Å². The Hall–Kier alpha value is -0.0400. The Labute approximate surface area is 98.2 Å². The van der Waals surface area contributed by atoms with Crippen LogP contribution < -0.4 is 4.90 Å². The first-order chi connectivity index (χ1) is 7.10. The van der Waals surface area contributed by atoms with Crippen molar-refractivity contribution in [1.29, 1.82) is 0 Å². The first-order valence-corrected chi connectivity index (χ1v) is 6.91. The molecule has 0 aromatic rings. The van der Waals surface area contributed by atoms with E-state index in [-0.39, 0.29) is 0 Å². The molecule has 1 heteroatoms. The topological polar surface area (TPSA) is 4.44 Å². The van der Waals surface area contributed by atoms with E-state index in [9.17, 15) is 0 Å². The van der Waals surface area contributed by atoms with Crippen LogP contribution in [0.4, 0.5) is 0 Å². The lowest BCUT2D eigenvalue weighted by atomic mass is 9.82. The van der Waals surface area contributed by atoms with Crippen molar-refractivity contribution in [1.82, 2.24) is 0 Å². The predicted octanol–water partition coefficient (Wildman–Crippen LogP) is 3.15. The van der Waals surface area contributed by atoms with Crippen molar-refractivity contribution in [2.45, 2.75) is 67.2 Å². The summed E-state index contributed by atoms with van der Waals surface area (Å²) in [4.78, 5) is 1.72. The molecule has 0 spiro atoms. The smallest absolute Gasteiger partial charge is 0.0769 e. The van der Waals surface area contributed by atoms with E-state index in [1.165, 1.54) is 38.8 Å². The fourth-order valence-corrected chi connectivity index (χ4v) is 1.99. The fourth-order valence-electron chi connectivity index (χ4n) is 1.99. The third-order valence-corrected chi connectivity index (χ3v) is 2.91. The second-order valence-corrected chi connectivity index (χ2v) is 4.83. The molecule has 0 aromatic heterocycles. The van der Waals surface area contributed by atoms with Gasteiger partial charge in [-0.25, -0.2) is 0 Å². The summed E-state index contributed by atoms with van der Waals surface area (Å²) in [5.74, 6) is 0. The summed E-state index contributed by atoms with van der Waals surface area (Å²) in [6.45, 7) is 15.6. The number of quaternary nitrogens is 1. The number of hydrogen-bond acceptors (Lipinski definition) is 0. The van der Waals surface area contributed by atoms with Crippen molar-refractivity contribution in [3.63, 3.8) is 0 Å². The zero-order chi connectivity index (χ0) is 12.3. The zero-order valence-electron chi connectivity index (χ0n) is 12.2. The maximum Gasteiger partial charge on any atom is 0.0769 e. The highest BCUT2D eigenvalue weighted by Crippen LogP contribution is 2.27. The van der Waals surface area contributed by atoms with E-state index in [4.69, 9.17) is 0 Å². The highest BCUT2D eigenvalue weighted by Gasteiger charge is 2.20. The third kappa shape index (κ3) is 10.2. The molecular weight excluding hydrogens is 182 g/mol. The summed E-state index contributed by atoms with van der Waals surface area (Å²) in [6, 6.07) is 0. The van der Waals surface area contributed by atoms with Crippen LogP contribution in [0.2, 0.25) is 0 Å². The van der Waals surface area contributed by atoms with E-state index in [1.54, 1.807) is 4.90 Å². The van der Waals surface area contributed by atoms with Crippen LogP contribution in [0.25, 0.3) is 0 Å². The van der Waals surface area contributed by atoms with Crippen molar-refractivity contribution >= 4 is 0 Å². The molecule has 0 atom stereocenters. The molecule has 1 heterocycles. The van der Waals surface area contributed by atoms with Crippen LogP contribution in [-0.2, 0) is 0 Å². The molecule has 0 aliphatic carbocycles. The maximum atomic E-state index is 2.41. The summed E-state index contributed by atoms with van der Waals surface area (Å²) in [5.41, 5.74) is 0.626. The summed E-state index contributed by atoms with van der Waals surface area (Å²) in [7, 11) is 2.32. The van der Waals surface area contributed by atoms with Gasteiger partial charge in [0.15, 0.2) is 0 Å². The Morgan fingerprint density at radius 3 is 1.47 bits per heavy atom. The van der Waals surface area contributed by atoms with Crippen LogP contribution in [0.15, 0.2) is 0 Å². The van der Waals surface area contributed by atoms with Gasteiger partial charge in [0.1, 0.15) is 0 Å². The lowest BCUT2D eigenvalue weighted by Gasteiger charge is -2.28. The van der Waals surface area contributed by atoms with E-state index in [0.717, 1.165) is 0 Å². The highest BCUT2D eigenvalue weighted by molar-refractivity contribution is 4.69. The Morgan fingerprint density at radius 2 is 1.13 bits per heavy atom. The number of likely N-dealkylation sites (tertiary alicyclic amines) is 1. The summed E-state index contributed by atoms with van der Waals surface area (Å²) in [5, 5.41) is 0. The molecule has 1 saturated heterocycles. The van der Waals surface area contributed by atoms with Crippen LogP contribution in [0.5, 0.6) is 0 Å². The van der Waals surface area contributed by atoms with Gasteiger partial charge in [0.2, 0.25) is 0 Å². The second kappa shape index (κ2) is 10.5. The minimum absolute atomic E-state index is 0.626. The first kappa shape index (κ1) is 17.4. The molecular formula is C14H34N+. The molecule has 0 bridgehead atoms. The summed E-state index contributed by atoms with van der Waals surface area (Å²) < 4.78 is 0.